The summed E-state index contributed by atoms with van der Waals surface area (Å²) in [5.74, 6) is 1.26. The van der Waals surface area contributed by atoms with Crippen LogP contribution in [0.15, 0.2) is 5.38 Å². The zero-order chi connectivity index (χ0) is 18.0. The van der Waals surface area contributed by atoms with Crippen molar-refractivity contribution >= 4 is 17.2 Å². The van der Waals surface area contributed by atoms with E-state index >= 15 is 0 Å². The predicted octanol–water partition coefficient (Wildman–Crippen LogP) is 4.38. The zero-order valence-corrected chi connectivity index (χ0v) is 17.0. The second-order valence-electron chi connectivity index (χ2n) is 8.72. The highest BCUT2D eigenvalue weighted by Gasteiger charge is 2.45. The van der Waals surface area contributed by atoms with Crippen LogP contribution >= 0.6 is 11.3 Å². The number of amides is 1. The number of nitrogens with zero attached hydrogens (tertiary/aromatic N) is 3. The Labute approximate surface area is 162 Å². The highest BCUT2D eigenvalue weighted by Crippen LogP contribution is 2.40. The summed E-state index contributed by atoms with van der Waals surface area (Å²) in [5, 5.41) is 3.22. The van der Waals surface area contributed by atoms with Gasteiger partial charge >= 0.3 is 0 Å². The molecule has 3 fully saturated rings. The summed E-state index contributed by atoms with van der Waals surface area (Å²) in [5.41, 5.74) is 1.17. The van der Waals surface area contributed by atoms with Crippen LogP contribution in [-0.2, 0) is 11.3 Å². The van der Waals surface area contributed by atoms with Gasteiger partial charge in [0.1, 0.15) is 0 Å². The van der Waals surface area contributed by atoms with E-state index in [1.807, 2.05) is 6.92 Å². The van der Waals surface area contributed by atoms with Crippen molar-refractivity contribution in [2.45, 2.75) is 83.2 Å². The Bertz CT molecular complexity index is 625. The van der Waals surface area contributed by atoms with E-state index in [1.54, 1.807) is 11.3 Å². The van der Waals surface area contributed by atoms with Gasteiger partial charge in [-0.2, -0.15) is 0 Å². The number of hydrogen-bond donors (Lipinski definition) is 0. The normalized spacial score (nSPS) is 28.8. The van der Waals surface area contributed by atoms with Crippen molar-refractivity contribution in [3.05, 3.63) is 16.1 Å². The lowest BCUT2D eigenvalue weighted by Gasteiger charge is -2.38. The van der Waals surface area contributed by atoms with Crippen LogP contribution in [0.1, 0.15) is 74.9 Å². The van der Waals surface area contributed by atoms with Crippen LogP contribution in [0.25, 0.3) is 0 Å². The molecule has 1 aromatic rings. The molecule has 4 nitrogen and oxygen atoms in total. The third-order valence-corrected chi connectivity index (χ3v) is 7.74. The highest BCUT2D eigenvalue weighted by atomic mass is 32.1. The van der Waals surface area contributed by atoms with Crippen molar-refractivity contribution in [1.82, 2.24) is 14.8 Å². The fourth-order valence-corrected chi connectivity index (χ4v) is 6.05. The minimum absolute atomic E-state index is 0.0932. The van der Waals surface area contributed by atoms with E-state index in [-0.39, 0.29) is 5.54 Å². The summed E-state index contributed by atoms with van der Waals surface area (Å²) in [6, 6.07) is 0. The van der Waals surface area contributed by atoms with Crippen molar-refractivity contribution in [1.29, 1.82) is 0 Å². The summed E-state index contributed by atoms with van der Waals surface area (Å²) in [6.07, 6.45) is 12.5. The van der Waals surface area contributed by atoms with E-state index in [1.165, 1.54) is 58.0 Å². The van der Waals surface area contributed by atoms with Gasteiger partial charge in [-0.1, -0.05) is 19.3 Å². The molecule has 0 N–H and O–H groups in total. The highest BCUT2D eigenvalue weighted by molar-refractivity contribution is 7.09. The fraction of sp³-hybridized carbons (Fsp3) is 0.810. The van der Waals surface area contributed by atoms with E-state index in [9.17, 15) is 4.79 Å². The Balaban J connectivity index is 1.40. The van der Waals surface area contributed by atoms with E-state index in [4.69, 9.17) is 0 Å². The van der Waals surface area contributed by atoms with Crippen LogP contribution < -0.4 is 0 Å². The zero-order valence-electron chi connectivity index (χ0n) is 16.2. The molecule has 1 saturated carbocycles. The maximum Gasteiger partial charge on any atom is 0.223 e. The summed E-state index contributed by atoms with van der Waals surface area (Å²) in [6.45, 7) is 6.43. The summed E-state index contributed by atoms with van der Waals surface area (Å²) >= 11 is 1.69. The quantitative estimate of drug-likeness (QED) is 0.784. The number of thiazole rings is 1. The third-order valence-electron chi connectivity index (χ3n) is 6.92. The molecule has 1 atom stereocenters. The molecular formula is C21H33N3OS. The van der Waals surface area contributed by atoms with Gasteiger partial charge in [0.2, 0.25) is 5.91 Å². The summed E-state index contributed by atoms with van der Waals surface area (Å²) in [7, 11) is 0. The summed E-state index contributed by atoms with van der Waals surface area (Å²) < 4.78 is 0. The monoisotopic (exact) mass is 375 g/mol. The Morgan fingerprint density at radius 2 is 2.00 bits per heavy atom. The second-order valence-corrected chi connectivity index (χ2v) is 9.78. The number of carbonyl (C=O) groups is 1. The van der Waals surface area contributed by atoms with E-state index in [0.717, 1.165) is 42.4 Å². The van der Waals surface area contributed by atoms with E-state index in [0.29, 0.717) is 12.5 Å². The Hall–Kier alpha value is -0.940. The molecular weight excluding hydrogens is 342 g/mol. The lowest BCUT2D eigenvalue weighted by atomic mass is 9.87. The molecule has 0 bridgehead atoms. The van der Waals surface area contributed by atoms with Gasteiger partial charge in [0, 0.05) is 30.4 Å². The van der Waals surface area contributed by atoms with Crippen molar-refractivity contribution in [3.8, 4) is 0 Å². The number of aromatic nitrogens is 1. The molecule has 0 unspecified atom stereocenters. The van der Waals surface area contributed by atoms with E-state index < -0.39 is 0 Å². The Kier molecular flexibility index (Phi) is 5.65. The van der Waals surface area contributed by atoms with Crippen LogP contribution in [-0.4, -0.2) is 45.9 Å². The van der Waals surface area contributed by atoms with Gasteiger partial charge in [0.25, 0.3) is 0 Å². The average molecular weight is 376 g/mol. The number of carbonyl (C=O) groups excluding carboxylic acids is 1. The van der Waals surface area contributed by atoms with Crippen molar-refractivity contribution in [2.24, 2.45) is 5.92 Å². The minimum atomic E-state index is 0.0932. The van der Waals surface area contributed by atoms with Crippen molar-refractivity contribution in [2.75, 3.05) is 19.6 Å². The fourth-order valence-electron chi connectivity index (χ4n) is 5.44. The number of likely N-dealkylation sites (tertiary alicyclic amines) is 2. The molecule has 3 heterocycles. The lowest BCUT2D eigenvalue weighted by molar-refractivity contribution is -0.132. The largest absolute Gasteiger partial charge is 0.331 e. The van der Waals surface area contributed by atoms with Gasteiger partial charge in [-0.25, -0.2) is 4.98 Å². The topological polar surface area (TPSA) is 36.4 Å². The van der Waals surface area contributed by atoms with Gasteiger partial charge < -0.3 is 9.80 Å². The molecule has 144 valence electrons. The molecule has 1 amide bonds. The number of aryl methyl sites for hydroxylation is 1. The molecule has 1 aliphatic carbocycles. The molecule has 5 heteroatoms. The number of hydrogen-bond acceptors (Lipinski definition) is 4. The lowest BCUT2D eigenvalue weighted by Crippen LogP contribution is -2.46. The molecule has 1 aromatic heterocycles. The Morgan fingerprint density at radius 3 is 2.77 bits per heavy atom. The second kappa shape index (κ2) is 7.97. The molecule has 3 aliphatic rings. The number of rotatable bonds is 4. The molecule has 1 spiro atoms. The van der Waals surface area contributed by atoms with Gasteiger partial charge in [0.05, 0.1) is 17.2 Å². The maximum atomic E-state index is 12.7. The standard InChI is InChI=1S/C21H33N3OS/c1-17-22-19(16-26-17)15-24-20(25)8-10-21(24)9-5-12-23(13-11-21)14-18-6-3-2-4-7-18/h16,18H,2-15H2,1H3/t21-/m1/s1. The van der Waals surface area contributed by atoms with E-state index in [2.05, 4.69) is 20.2 Å². The predicted molar refractivity (Wildman–Crippen MR) is 106 cm³/mol. The first kappa shape index (κ1) is 18.4. The van der Waals surface area contributed by atoms with Gasteiger partial charge in [-0.3, -0.25) is 4.79 Å². The van der Waals surface area contributed by atoms with Crippen LogP contribution in [0.4, 0.5) is 0 Å². The molecule has 0 aromatic carbocycles. The molecule has 0 radical (unpaired) electrons. The van der Waals surface area contributed by atoms with Crippen LogP contribution in [0.3, 0.4) is 0 Å². The first-order chi connectivity index (χ1) is 12.6. The Morgan fingerprint density at radius 1 is 1.15 bits per heavy atom. The van der Waals surface area contributed by atoms with Crippen molar-refractivity contribution < 1.29 is 4.79 Å². The molecule has 2 saturated heterocycles. The smallest absolute Gasteiger partial charge is 0.223 e. The van der Waals surface area contributed by atoms with Crippen LogP contribution in [0.2, 0.25) is 0 Å². The maximum absolute atomic E-state index is 12.7. The van der Waals surface area contributed by atoms with Gasteiger partial charge in [-0.05, 0) is 57.9 Å². The summed E-state index contributed by atoms with van der Waals surface area (Å²) in [4.78, 5) is 22.2. The van der Waals surface area contributed by atoms with Gasteiger partial charge in [-0.15, -0.1) is 11.3 Å². The molecule has 26 heavy (non-hydrogen) atoms. The van der Waals surface area contributed by atoms with Crippen LogP contribution in [0.5, 0.6) is 0 Å². The third kappa shape index (κ3) is 3.99. The van der Waals surface area contributed by atoms with Crippen LogP contribution in [0, 0.1) is 12.8 Å². The van der Waals surface area contributed by atoms with Crippen molar-refractivity contribution in [3.63, 3.8) is 0 Å². The first-order valence-corrected chi connectivity index (χ1v) is 11.5. The molecule has 2 aliphatic heterocycles. The van der Waals surface area contributed by atoms with Gasteiger partial charge in [0.15, 0.2) is 0 Å². The minimum Gasteiger partial charge on any atom is -0.331 e. The first-order valence-electron chi connectivity index (χ1n) is 10.6. The molecule has 4 rings (SSSR count). The SMILES string of the molecule is Cc1nc(CN2C(=O)CC[C@@]23CCCN(CC2CCCCC2)CC3)cs1. The average Bonchev–Trinajstić information content (AvgIpc) is 3.11.